The minimum atomic E-state index is -0.672. The summed E-state index contributed by atoms with van der Waals surface area (Å²) >= 11 is 0. The molecule has 0 saturated carbocycles. The number of rotatable bonds is 5. The topological polar surface area (TPSA) is 41.5 Å². The first-order valence-electron chi connectivity index (χ1n) is 5.49. The number of ether oxygens (including phenoxy) is 1. The molecule has 0 fully saturated rings. The van der Waals surface area contributed by atoms with Gasteiger partial charge in [-0.3, -0.25) is 0 Å². The van der Waals surface area contributed by atoms with Gasteiger partial charge in [-0.05, 0) is 38.0 Å². The molecule has 2 N–H and O–H groups in total. The van der Waals surface area contributed by atoms with Gasteiger partial charge in [0.05, 0.1) is 12.7 Å². The van der Waals surface area contributed by atoms with Crippen molar-refractivity contribution in [2.24, 2.45) is 0 Å². The Labute approximate surface area is 97.4 Å². The summed E-state index contributed by atoms with van der Waals surface area (Å²) in [5, 5.41) is 12.8. The Hall–Kier alpha value is -1.06. The van der Waals surface area contributed by atoms with Gasteiger partial charge in [0, 0.05) is 13.1 Å². The van der Waals surface area contributed by atoms with Gasteiger partial charge in [0.1, 0.15) is 5.75 Å². The van der Waals surface area contributed by atoms with E-state index in [2.05, 4.69) is 11.4 Å². The van der Waals surface area contributed by atoms with Crippen LogP contribution in [0, 0.1) is 6.92 Å². The second-order valence-corrected chi connectivity index (χ2v) is 4.72. The van der Waals surface area contributed by atoms with Crippen molar-refractivity contribution in [3.8, 4) is 5.75 Å². The maximum atomic E-state index is 9.55. The number of hydrogen-bond acceptors (Lipinski definition) is 3. The van der Waals surface area contributed by atoms with Gasteiger partial charge >= 0.3 is 0 Å². The fourth-order valence-electron chi connectivity index (χ4n) is 1.49. The van der Waals surface area contributed by atoms with Gasteiger partial charge in [0.15, 0.2) is 0 Å². The van der Waals surface area contributed by atoms with Gasteiger partial charge < -0.3 is 15.2 Å². The van der Waals surface area contributed by atoms with Crippen LogP contribution < -0.4 is 10.1 Å². The van der Waals surface area contributed by atoms with Crippen LogP contribution in [0.3, 0.4) is 0 Å². The van der Waals surface area contributed by atoms with E-state index in [0.29, 0.717) is 6.54 Å². The smallest absolute Gasteiger partial charge is 0.122 e. The Bertz CT molecular complexity index is 342. The number of hydrogen-bond donors (Lipinski definition) is 2. The largest absolute Gasteiger partial charge is 0.496 e. The first-order chi connectivity index (χ1) is 7.42. The van der Waals surface area contributed by atoms with E-state index in [1.165, 1.54) is 0 Å². The molecule has 0 heterocycles. The molecule has 0 bridgehead atoms. The van der Waals surface area contributed by atoms with E-state index in [-0.39, 0.29) is 0 Å². The Morgan fingerprint density at radius 2 is 2.06 bits per heavy atom. The number of methoxy groups -OCH3 is 1. The van der Waals surface area contributed by atoms with Crippen molar-refractivity contribution in [3.63, 3.8) is 0 Å². The maximum Gasteiger partial charge on any atom is 0.122 e. The lowest BCUT2D eigenvalue weighted by Crippen LogP contribution is -2.34. The van der Waals surface area contributed by atoms with Crippen molar-refractivity contribution in [3.05, 3.63) is 29.3 Å². The summed E-state index contributed by atoms with van der Waals surface area (Å²) in [4.78, 5) is 0. The molecule has 0 amide bonds. The molecule has 1 aromatic carbocycles. The summed E-state index contributed by atoms with van der Waals surface area (Å²) in [6.45, 7) is 6.90. The highest BCUT2D eigenvalue weighted by atomic mass is 16.5. The molecule has 1 aromatic rings. The molecule has 3 heteroatoms. The Balaban J connectivity index is 2.55. The van der Waals surface area contributed by atoms with E-state index in [1.807, 2.05) is 19.1 Å². The van der Waals surface area contributed by atoms with Crippen LogP contribution in [-0.2, 0) is 6.54 Å². The van der Waals surface area contributed by atoms with Crippen molar-refractivity contribution in [1.82, 2.24) is 5.32 Å². The standard InChI is InChI=1S/C13H21NO2/c1-10-5-6-11(7-12(10)16-4)8-14-9-13(2,3)15/h5-7,14-15H,8-9H2,1-4H3. The van der Waals surface area contributed by atoms with Crippen molar-refractivity contribution in [2.45, 2.75) is 32.9 Å². The molecule has 0 spiro atoms. The predicted octanol–water partition coefficient (Wildman–Crippen LogP) is 1.86. The lowest BCUT2D eigenvalue weighted by molar-refractivity contribution is 0.0795. The predicted molar refractivity (Wildman–Crippen MR) is 65.7 cm³/mol. The van der Waals surface area contributed by atoms with Crippen LogP contribution in [0.25, 0.3) is 0 Å². The van der Waals surface area contributed by atoms with Crippen molar-refractivity contribution < 1.29 is 9.84 Å². The highest BCUT2D eigenvalue weighted by molar-refractivity contribution is 5.36. The molecule has 0 unspecified atom stereocenters. The van der Waals surface area contributed by atoms with Crippen molar-refractivity contribution in [1.29, 1.82) is 0 Å². The summed E-state index contributed by atoms with van der Waals surface area (Å²) in [6.07, 6.45) is 0. The van der Waals surface area contributed by atoms with E-state index in [1.54, 1.807) is 21.0 Å². The molecule has 0 aliphatic rings. The summed E-state index contributed by atoms with van der Waals surface area (Å²) in [5.74, 6) is 0.905. The normalized spacial score (nSPS) is 11.6. The Morgan fingerprint density at radius 3 is 2.62 bits per heavy atom. The number of nitrogens with one attached hydrogen (secondary N) is 1. The minimum Gasteiger partial charge on any atom is -0.496 e. The van der Waals surface area contributed by atoms with Crippen LogP contribution in [0.4, 0.5) is 0 Å². The molecule has 0 aliphatic heterocycles. The van der Waals surface area contributed by atoms with Crippen LogP contribution >= 0.6 is 0 Å². The summed E-state index contributed by atoms with van der Waals surface area (Å²) in [7, 11) is 1.68. The molecule has 1 rings (SSSR count). The van der Waals surface area contributed by atoms with E-state index >= 15 is 0 Å². The minimum absolute atomic E-state index is 0.573. The van der Waals surface area contributed by atoms with E-state index < -0.39 is 5.60 Å². The quantitative estimate of drug-likeness (QED) is 0.800. The van der Waals surface area contributed by atoms with Crippen LogP contribution in [0.15, 0.2) is 18.2 Å². The Morgan fingerprint density at radius 1 is 1.38 bits per heavy atom. The van der Waals surface area contributed by atoms with Crippen LogP contribution in [0.5, 0.6) is 5.75 Å². The number of aryl methyl sites for hydroxylation is 1. The van der Waals surface area contributed by atoms with Crippen molar-refractivity contribution >= 4 is 0 Å². The average Bonchev–Trinajstić information content (AvgIpc) is 2.18. The van der Waals surface area contributed by atoms with E-state index in [4.69, 9.17) is 4.74 Å². The zero-order chi connectivity index (χ0) is 12.2. The van der Waals surface area contributed by atoms with Gasteiger partial charge in [-0.25, -0.2) is 0 Å². The van der Waals surface area contributed by atoms with Crippen LogP contribution in [0.1, 0.15) is 25.0 Å². The highest BCUT2D eigenvalue weighted by Crippen LogP contribution is 2.18. The molecule has 0 aromatic heterocycles. The van der Waals surface area contributed by atoms with Gasteiger partial charge in [-0.15, -0.1) is 0 Å². The van der Waals surface area contributed by atoms with Crippen LogP contribution in [-0.4, -0.2) is 24.4 Å². The third-order valence-electron chi connectivity index (χ3n) is 2.36. The summed E-state index contributed by atoms with van der Waals surface area (Å²) in [6, 6.07) is 6.13. The summed E-state index contributed by atoms with van der Waals surface area (Å²) in [5.41, 5.74) is 1.62. The lowest BCUT2D eigenvalue weighted by atomic mass is 10.1. The average molecular weight is 223 g/mol. The monoisotopic (exact) mass is 223 g/mol. The SMILES string of the molecule is COc1cc(CNCC(C)(C)O)ccc1C. The molecular weight excluding hydrogens is 202 g/mol. The first kappa shape index (κ1) is 13.0. The molecule has 0 atom stereocenters. The maximum absolute atomic E-state index is 9.55. The van der Waals surface area contributed by atoms with E-state index in [9.17, 15) is 5.11 Å². The second-order valence-electron chi connectivity index (χ2n) is 4.72. The highest BCUT2D eigenvalue weighted by Gasteiger charge is 2.11. The first-order valence-corrected chi connectivity index (χ1v) is 5.49. The second kappa shape index (κ2) is 5.32. The van der Waals surface area contributed by atoms with E-state index in [0.717, 1.165) is 23.4 Å². The molecule has 0 radical (unpaired) electrons. The fourth-order valence-corrected chi connectivity index (χ4v) is 1.49. The zero-order valence-electron chi connectivity index (χ0n) is 10.5. The Kier molecular flexibility index (Phi) is 4.33. The third kappa shape index (κ3) is 4.21. The van der Waals surface area contributed by atoms with Gasteiger partial charge in [-0.2, -0.15) is 0 Å². The zero-order valence-corrected chi connectivity index (χ0v) is 10.5. The summed E-state index contributed by atoms with van der Waals surface area (Å²) < 4.78 is 5.26. The molecule has 3 nitrogen and oxygen atoms in total. The van der Waals surface area contributed by atoms with Gasteiger partial charge in [0.2, 0.25) is 0 Å². The molecule has 0 saturated heterocycles. The molecule has 16 heavy (non-hydrogen) atoms. The number of aliphatic hydroxyl groups is 1. The third-order valence-corrected chi connectivity index (χ3v) is 2.36. The molecule has 0 aliphatic carbocycles. The van der Waals surface area contributed by atoms with Crippen LogP contribution in [0.2, 0.25) is 0 Å². The lowest BCUT2D eigenvalue weighted by Gasteiger charge is -2.18. The van der Waals surface area contributed by atoms with Gasteiger partial charge in [0.25, 0.3) is 0 Å². The fraction of sp³-hybridized carbons (Fsp3) is 0.538. The molecule has 90 valence electrons. The van der Waals surface area contributed by atoms with Crippen molar-refractivity contribution in [2.75, 3.05) is 13.7 Å². The number of benzene rings is 1. The van der Waals surface area contributed by atoms with Gasteiger partial charge in [-0.1, -0.05) is 12.1 Å². The molecular formula is C13H21NO2.